The van der Waals surface area contributed by atoms with Crippen LogP contribution in [0.4, 0.5) is 0 Å². The molecule has 0 aliphatic carbocycles. The molecule has 0 fully saturated rings. The Balaban J connectivity index is -0.00000000321. The van der Waals surface area contributed by atoms with Gasteiger partial charge >= 0.3 is 19.7 Å². The van der Waals surface area contributed by atoms with Crippen molar-refractivity contribution in [3.63, 3.8) is 0 Å². The standard InChI is InChI=1S/3CHN.3CN.Fe.3H3N/c6*1-2;;;;/h3*2H;;;;;3*1H3/q3*+1;;;;;;;. The first kappa shape index (κ1) is 182. The molecule has 0 bridgehead atoms. The van der Waals surface area contributed by atoms with E-state index in [2.05, 4.69) is 0 Å². The molecule has 0 saturated carbocycles. The van der Waals surface area contributed by atoms with E-state index in [0.29, 0.717) is 0 Å². The normalized spacial score (nSPS) is 0.750. The van der Waals surface area contributed by atoms with Gasteiger partial charge in [0.15, 0.2) is 19.7 Å². The van der Waals surface area contributed by atoms with E-state index in [1.807, 2.05) is 0 Å². The molecule has 0 saturated heterocycles. The second-order valence-electron chi connectivity index (χ2n) is 0. The molecule has 9 nitrogen and oxygen atoms in total. The molecule has 0 spiro atoms. The Bertz CT molecular complexity index is 95.0. The molecular weight excluding hydrogens is 254 g/mol. The first-order valence-electron chi connectivity index (χ1n) is 1.42. The molecule has 0 aliphatic rings. The van der Waals surface area contributed by atoms with Crippen LogP contribution in [0.25, 0.3) is 0 Å². The molecule has 0 atom stereocenters. The van der Waals surface area contributed by atoms with Crippen LogP contribution in [0, 0.1) is 55.2 Å². The van der Waals surface area contributed by atoms with Gasteiger partial charge in [0.2, 0.25) is 0 Å². The fraction of sp³-hybridized carbons (Fsp3) is 0. The van der Waals surface area contributed by atoms with E-state index >= 15 is 0 Å². The summed E-state index contributed by atoms with van der Waals surface area (Å²) in [5, 5.41) is 33.8. The van der Waals surface area contributed by atoms with E-state index in [-0.39, 0.29) is 35.5 Å². The Morgan fingerprint density at radius 1 is 0.438 bits per heavy atom. The summed E-state index contributed by atoms with van der Waals surface area (Å²) >= 11 is 0. The van der Waals surface area contributed by atoms with E-state index < -0.39 is 0 Å². The summed E-state index contributed by atoms with van der Waals surface area (Å²) in [6, 6.07) is 0. The minimum absolute atomic E-state index is 0. The maximum atomic E-state index is 6.25. The Hall–Kier alpha value is -2.66. The molecule has 0 unspecified atom stereocenters. The molecule has 0 aromatic heterocycles. The summed E-state index contributed by atoms with van der Waals surface area (Å²) in [4.78, 5) is 0. The van der Waals surface area contributed by atoms with Crippen LogP contribution in [0.1, 0.15) is 0 Å². The maximum absolute atomic E-state index is 6.25. The average molecular weight is 266 g/mol. The largest absolute Gasteiger partial charge is 0.443 e. The third-order valence-electron chi connectivity index (χ3n) is 0. The van der Waals surface area contributed by atoms with Crippen molar-refractivity contribution in [2.75, 3.05) is 0 Å². The van der Waals surface area contributed by atoms with Gasteiger partial charge in [0.1, 0.15) is 0 Å². The first-order valence-corrected chi connectivity index (χ1v) is 1.42. The Labute approximate surface area is 107 Å². The van der Waals surface area contributed by atoms with E-state index in [4.69, 9.17) is 71.0 Å². The number of rotatable bonds is 0. The van der Waals surface area contributed by atoms with Gasteiger partial charge in [-0.05, 0) is 0 Å². The van der Waals surface area contributed by atoms with Crippen molar-refractivity contribution in [3.05, 3.63) is 39.4 Å². The monoisotopic (exact) mass is 266 g/mol. The van der Waals surface area contributed by atoms with E-state index in [9.17, 15) is 0 Å². The molecule has 10 heteroatoms. The second kappa shape index (κ2) is 224. The summed E-state index contributed by atoms with van der Waals surface area (Å²) in [5.74, 6) is 0. The van der Waals surface area contributed by atoms with Gasteiger partial charge in [-0.25, -0.2) is 0 Å². The fourth-order valence-electron chi connectivity index (χ4n) is 0. The quantitative estimate of drug-likeness (QED) is 0.237. The number of nitrogens with one attached hydrogen (secondary N) is 3. The first-order chi connectivity index (χ1) is 6.00. The van der Waals surface area contributed by atoms with Gasteiger partial charge in [0, 0.05) is 17.1 Å². The van der Waals surface area contributed by atoms with Crippen molar-refractivity contribution < 1.29 is 32.9 Å². The van der Waals surface area contributed by atoms with Gasteiger partial charge in [0.05, 0.1) is 0 Å². The van der Waals surface area contributed by atoms with Crippen LogP contribution in [0.15, 0.2) is 0 Å². The summed E-state index contributed by atoms with van der Waals surface area (Å²) in [5.41, 5.74) is 0. The van der Waals surface area contributed by atoms with E-state index in [1.165, 1.54) is 0 Å². The molecule has 12 N–H and O–H groups in total. The maximum Gasteiger partial charge on any atom is 0.443 e. The van der Waals surface area contributed by atoms with Gasteiger partial charge in [-0.1, -0.05) is 15.8 Å². The summed E-state index contributed by atoms with van der Waals surface area (Å²) in [6.07, 6.45) is 0. The third-order valence-corrected chi connectivity index (χ3v) is 0. The molecule has 0 aliphatic heterocycles. The van der Waals surface area contributed by atoms with Gasteiger partial charge in [-0.15, -0.1) is 0 Å². The van der Waals surface area contributed by atoms with Crippen molar-refractivity contribution in [1.82, 2.24) is 18.5 Å². The fourth-order valence-corrected chi connectivity index (χ4v) is 0. The van der Waals surface area contributed by atoms with Gasteiger partial charge in [0.25, 0.3) is 0 Å². The molecular formula is C6H12FeN9+3. The topological polar surface area (TPSA) is 248 Å². The molecule has 86 valence electrons. The molecule has 0 heterocycles. The summed E-state index contributed by atoms with van der Waals surface area (Å²) in [6.45, 7) is 29.2. The van der Waals surface area contributed by atoms with Crippen LogP contribution in [-0.4, -0.2) is 0 Å². The number of nitrogens with zero attached hydrogens (tertiary/aromatic N) is 3. The minimum atomic E-state index is 0. The van der Waals surface area contributed by atoms with Crippen molar-refractivity contribution >= 4 is 0 Å². The Morgan fingerprint density at radius 2 is 0.438 bits per heavy atom. The van der Waals surface area contributed by atoms with Crippen LogP contribution >= 0.6 is 0 Å². The van der Waals surface area contributed by atoms with Gasteiger partial charge in [-0.2, -0.15) is 15.8 Å². The number of hydrogen-bond acceptors (Lipinski definition) is 6. The van der Waals surface area contributed by atoms with Gasteiger partial charge in [-0.3, -0.25) is 0 Å². The molecule has 0 amide bonds. The molecule has 16 heavy (non-hydrogen) atoms. The SMILES string of the molecule is N.N.N.[C]#N.[C]#N.[C]#N.[C]#[NH+].[C]#[NH+].[C]#[NH+].[Fe]. The predicted molar refractivity (Wildman–Crippen MR) is 42.6 cm³/mol. The zero-order chi connectivity index (χ0) is 12.0. The van der Waals surface area contributed by atoms with Crippen molar-refractivity contribution in [2.24, 2.45) is 0 Å². The van der Waals surface area contributed by atoms with Crippen molar-refractivity contribution in [1.29, 1.82) is 15.8 Å². The van der Waals surface area contributed by atoms with Crippen LogP contribution in [0.2, 0.25) is 0 Å². The van der Waals surface area contributed by atoms with Gasteiger partial charge < -0.3 is 18.5 Å². The smallest absolute Gasteiger partial charge is 0.344 e. The van der Waals surface area contributed by atoms with Crippen LogP contribution in [-0.2, 0) is 17.1 Å². The Morgan fingerprint density at radius 3 is 0.438 bits per heavy atom. The Kier molecular flexibility index (Phi) is 2550. The van der Waals surface area contributed by atoms with Crippen molar-refractivity contribution in [3.8, 4) is 0 Å². The van der Waals surface area contributed by atoms with Crippen LogP contribution in [0.5, 0.6) is 0 Å². The van der Waals surface area contributed by atoms with Crippen LogP contribution in [0.3, 0.4) is 0 Å². The second-order valence-corrected chi connectivity index (χ2v) is 0. The van der Waals surface area contributed by atoms with E-state index in [1.54, 1.807) is 0 Å². The molecule has 6 radical (unpaired) electrons. The average Bonchev–Trinajstić information content (AvgIpc) is 2.33. The zero-order valence-electron chi connectivity index (χ0n) is 8.32. The summed E-state index contributed by atoms with van der Waals surface area (Å²) in [7, 11) is 0. The van der Waals surface area contributed by atoms with Crippen LogP contribution < -0.4 is 34.2 Å². The summed E-state index contributed by atoms with van der Waals surface area (Å²) < 4.78 is 0. The molecule has 0 rings (SSSR count). The van der Waals surface area contributed by atoms with Crippen molar-refractivity contribution in [2.45, 2.75) is 0 Å². The molecule has 0 aromatic carbocycles. The number of hydrogen-bond donors (Lipinski definition) is 6. The zero-order valence-corrected chi connectivity index (χ0v) is 9.42. The molecule has 0 aromatic rings. The third kappa shape index (κ3) is 171. The minimum Gasteiger partial charge on any atom is -0.344 e. The predicted octanol–water partition coefficient (Wildman–Crippen LogP) is -4.19. The van der Waals surface area contributed by atoms with E-state index in [0.717, 1.165) is 0 Å².